The van der Waals surface area contributed by atoms with Gasteiger partial charge in [-0.3, -0.25) is 14.5 Å². The molecule has 4 heterocycles. The summed E-state index contributed by atoms with van der Waals surface area (Å²) in [6.45, 7) is 10.4. The number of likely N-dealkylation sites (N-methyl/N-ethyl adjacent to an activating group) is 1. The molecule has 268 valence electrons. The second-order valence-electron chi connectivity index (χ2n) is 12.7. The Labute approximate surface area is 298 Å². The van der Waals surface area contributed by atoms with Crippen molar-refractivity contribution in [1.29, 1.82) is 0 Å². The molecule has 50 heavy (non-hydrogen) atoms. The highest BCUT2D eigenvalue weighted by atomic mass is 35.5. The lowest BCUT2D eigenvalue weighted by Crippen LogP contribution is -2.54. The molecule has 0 spiro atoms. The van der Waals surface area contributed by atoms with Gasteiger partial charge in [0.05, 0.1) is 26.5 Å². The second-order valence-corrected chi connectivity index (χ2v) is 14.9. The Kier molecular flexibility index (Phi) is 10.6. The monoisotopic (exact) mass is 725 g/mol. The van der Waals surface area contributed by atoms with E-state index < -0.39 is 21.3 Å². The Morgan fingerprint density at radius 1 is 0.960 bits per heavy atom. The number of amides is 2. The van der Waals surface area contributed by atoms with Gasteiger partial charge in [-0.2, -0.15) is 0 Å². The maximum atomic E-state index is 15.2. The number of piperazine rings is 1. The van der Waals surface area contributed by atoms with Crippen molar-refractivity contribution in [3.63, 3.8) is 0 Å². The van der Waals surface area contributed by atoms with Crippen LogP contribution in [-0.4, -0.2) is 113 Å². The third kappa shape index (κ3) is 6.40. The van der Waals surface area contributed by atoms with Crippen molar-refractivity contribution in [2.24, 2.45) is 0 Å². The van der Waals surface area contributed by atoms with Crippen molar-refractivity contribution in [2.75, 3.05) is 70.9 Å². The Bertz CT molecular complexity index is 1840. The standard InChI is InChI=1S/C36H44ClN5O7S/c1-5-39-18-20-40(21-19-39)26-13-16-41(17-14-26)33(43)24-36(28-8-7-15-38-34(28)49-6-2)29-22-25(37)9-11-30(29)42(35(36)44)50(45,46)32-12-10-27(47-3)23-31(32)48-4/h7-12,15,22-23,26H,5-6,13-14,16-21,24H2,1-4H3. The molecule has 6 rings (SSSR count). The fourth-order valence-electron chi connectivity index (χ4n) is 7.51. The summed E-state index contributed by atoms with van der Waals surface area (Å²) in [5, 5.41) is 0.278. The molecule has 2 fully saturated rings. The van der Waals surface area contributed by atoms with Gasteiger partial charge in [0.2, 0.25) is 11.8 Å². The number of benzene rings is 2. The molecule has 2 amide bonds. The van der Waals surface area contributed by atoms with Crippen LogP contribution in [0.5, 0.6) is 17.4 Å². The van der Waals surface area contributed by atoms with E-state index >= 15 is 4.79 Å². The van der Waals surface area contributed by atoms with E-state index in [0.29, 0.717) is 24.9 Å². The number of carbonyl (C=O) groups excluding carboxylic acids is 2. The van der Waals surface area contributed by atoms with Crippen molar-refractivity contribution in [3.05, 3.63) is 70.9 Å². The molecule has 0 radical (unpaired) electrons. The van der Waals surface area contributed by atoms with Gasteiger partial charge >= 0.3 is 0 Å². The topological polar surface area (TPSA) is 122 Å². The van der Waals surface area contributed by atoms with Crippen LogP contribution in [0.3, 0.4) is 0 Å². The molecule has 0 N–H and O–H groups in total. The third-order valence-electron chi connectivity index (χ3n) is 10.2. The van der Waals surface area contributed by atoms with Gasteiger partial charge in [0, 0.05) is 74.6 Å². The minimum Gasteiger partial charge on any atom is -0.497 e. The molecule has 2 saturated heterocycles. The zero-order valence-electron chi connectivity index (χ0n) is 28.9. The fourth-order valence-corrected chi connectivity index (χ4v) is 9.31. The minimum atomic E-state index is -4.61. The number of aromatic nitrogens is 1. The average molecular weight is 726 g/mol. The fraction of sp³-hybridized carbons (Fsp3) is 0.472. The molecule has 12 nitrogen and oxygen atoms in total. The predicted octanol–water partition coefficient (Wildman–Crippen LogP) is 4.19. The number of sulfonamides is 1. The van der Waals surface area contributed by atoms with Crippen LogP contribution in [0.2, 0.25) is 5.02 Å². The number of likely N-dealkylation sites (tertiary alicyclic amines) is 1. The number of anilines is 1. The van der Waals surface area contributed by atoms with Crippen molar-refractivity contribution >= 4 is 39.1 Å². The first kappa shape index (κ1) is 35.9. The van der Waals surface area contributed by atoms with E-state index in [1.165, 1.54) is 50.7 Å². The van der Waals surface area contributed by atoms with Crippen LogP contribution in [0.4, 0.5) is 5.69 Å². The Morgan fingerprint density at radius 3 is 2.36 bits per heavy atom. The van der Waals surface area contributed by atoms with Gasteiger partial charge in [-0.05, 0) is 68.3 Å². The normalized spacial score (nSPS) is 20.5. The SMILES string of the molecule is CCOc1ncccc1C1(CC(=O)N2CCC(N3CCN(CC)CC3)CC2)C(=O)N(S(=O)(=O)c2ccc(OC)cc2OC)c2ccc(Cl)cc21. The largest absolute Gasteiger partial charge is 0.497 e. The maximum Gasteiger partial charge on any atom is 0.274 e. The van der Waals surface area contributed by atoms with E-state index in [-0.39, 0.29) is 57.3 Å². The molecule has 3 aliphatic rings. The summed E-state index contributed by atoms with van der Waals surface area (Å²) in [5.74, 6) is -0.598. The van der Waals surface area contributed by atoms with E-state index in [9.17, 15) is 13.2 Å². The number of pyridine rings is 1. The van der Waals surface area contributed by atoms with Crippen LogP contribution in [0, 0.1) is 0 Å². The number of rotatable bonds is 11. The number of methoxy groups -OCH3 is 2. The lowest BCUT2D eigenvalue weighted by atomic mass is 9.72. The first-order chi connectivity index (χ1) is 24.1. The maximum absolute atomic E-state index is 15.2. The van der Waals surface area contributed by atoms with Crippen LogP contribution >= 0.6 is 11.6 Å². The summed E-state index contributed by atoms with van der Waals surface area (Å²) >= 11 is 6.58. The summed E-state index contributed by atoms with van der Waals surface area (Å²) in [6, 6.07) is 12.5. The van der Waals surface area contributed by atoms with Crippen molar-refractivity contribution in [3.8, 4) is 17.4 Å². The predicted molar refractivity (Wildman–Crippen MR) is 190 cm³/mol. The first-order valence-corrected chi connectivity index (χ1v) is 18.8. The van der Waals surface area contributed by atoms with Crippen molar-refractivity contribution < 1.29 is 32.2 Å². The summed E-state index contributed by atoms with van der Waals surface area (Å²) in [6.07, 6.45) is 2.81. The molecule has 0 bridgehead atoms. The van der Waals surface area contributed by atoms with E-state index in [0.717, 1.165) is 49.9 Å². The number of piperidine rings is 1. The van der Waals surface area contributed by atoms with Gasteiger partial charge in [0.15, 0.2) is 0 Å². The number of carbonyl (C=O) groups is 2. The Balaban J connectivity index is 1.41. The minimum absolute atomic E-state index is 0.00315. The highest BCUT2D eigenvalue weighted by molar-refractivity contribution is 7.93. The lowest BCUT2D eigenvalue weighted by molar-refractivity contribution is -0.136. The van der Waals surface area contributed by atoms with Gasteiger partial charge in [-0.1, -0.05) is 24.6 Å². The number of ether oxygens (including phenoxy) is 3. The molecular formula is C36H44ClN5O7S. The van der Waals surface area contributed by atoms with Crippen LogP contribution < -0.4 is 18.5 Å². The number of fused-ring (bicyclic) bond motifs is 1. The molecular weight excluding hydrogens is 682 g/mol. The van der Waals surface area contributed by atoms with E-state index in [2.05, 4.69) is 21.7 Å². The van der Waals surface area contributed by atoms with Crippen LogP contribution in [0.1, 0.15) is 44.2 Å². The Hall–Kier alpha value is -3.91. The quantitative estimate of drug-likeness (QED) is 0.285. The van der Waals surface area contributed by atoms with Gasteiger partial charge in [0.1, 0.15) is 21.8 Å². The first-order valence-electron chi connectivity index (χ1n) is 17.0. The van der Waals surface area contributed by atoms with Crippen molar-refractivity contribution in [2.45, 2.75) is 49.5 Å². The average Bonchev–Trinajstić information content (AvgIpc) is 3.38. The number of nitrogens with zero attached hydrogens (tertiary/aromatic N) is 5. The molecule has 3 aliphatic heterocycles. The van der Waals surface area contributed by atoms with E-state index in [1.54, 1.807) is 30.0 Å². The summed E-state index contributed by atoms with van der Waals surface area (Å²) in [4.78, 5) is 40.6. The van der Waals surface area contributed by atoms with E-state index in [1.807, 2.05) is 0 Å². The zero-order chi connectivity index (χ0) is 35.6. The summed E-state index contributed by atoms with van der Waals surface area (Å²) in [7, 11) is -1.81. The third-order valence-corrected chi connectivity index (χ3v) is 12.2. The molecule has 1 atom stereocenters. The second kappa shape index (κ2) is 14.7. The molecule has 1 unspecified atom stereocenters. The van der Waals surface area contributed by atoms with Crippen LogP contribution in [0.15, 0.2) is 59.6 Å². The summed E-state index contributed by atoms with van der Waals surface area (Å²) < 4.78 is 46.7. The van der Waals surface area contributed by atoms with Gasteiger partial charge in [-0.15, -0.1) is 0 Å². The number of hydrogen-bond acceptors (Lipinski definition) is 10. The smallest absolute Gasteiger partial charge is 0.274 e. The molecule has 1 aromatic heterocycles. The number of hydrogen-bond donors (Lipinski definition) is 0. The highest BCUT2D eigenvalue weighted by Crippen LogP contribution is 2.53. The molecule has 0 aliphatic carbocycles. The van der Waals surface area contributed by atoms with Crippen LogP contribution in [0.25, 0.3) is 0 Å². The molecule has 3 aromatic rings. The van der Waals surface area contributed by atoms with E-state index in [4.69, 9.17) is 25.8 Å². The van der Waals surface area contributed by atoms with Gasteiger partial charge in [0.25, 0.3) is 15.9 Å². The highest BCUT2D eigenvalue weighted by Gasteiger charge is 2.59. The molecule has 0 saturated carbocycles. The number of halogens is 1. The summed E-state index contributed by atoms with van der Waals surface area (Å²) in [5.41, 5.74) is -1.18. The molecule has 14 heteroatoms. The zero-order valence-corrected chi connectivity index (χ0v) is 30.5. The van der Waals surface area contributed by atoms with Gasteiger partial charge < -0.3 is 24.0 Å². The Morgan fingerprint density at radius 2 is 1.70 bits per heavy atom. The van der Waals surface area contributed by atoms with Gasteiger partial charge in [-0.25, -0.2) is 17.7 Å². The lowest BCUT2D eigenvalue weighted by Gasteiger charge is -2.43. The molecule has 2 aromatic carbocycles. The van der Waals surface area contributed by atoms with Crippen molar-refractivity contribution in [1.82, 2.24) is 19.7 Å². The van der Waals surface area contributed by atoms with Crippen LogP contribution in [-0.2, 0) is 25.0 Å².